The van der Waals surface area contributed by atoms with Crippen LogP contribution in [0.2, 0.25) is 0 Å². The van der Waals surface area contributed by atoms with Gasteiger partial charge in [0.15, 0.2) is 0 Å². The first kappa shape index (κ1) is 22.8. The first-order valence-corrected chi connectivity index (χ1v) is 11.1. The van der Waals surface area contributed by atoms with Crippen molar-refractivity contribution in [3.8, 4) is 11.1 Å². The van der Waals surface area contributed by atoms with Gasteiger partial charge in [-0.2, -0.15) is 0 Å². The maximum absolute atomic E-state index is 12.3. The molecular formula is C25H28N2O6. The number of carboxylic acid groups (broad SMARTS) is 1. The van der Waals surface area contributed by atoms with Crippen molar-refractivity contribution in [1.82, 2.24) is 10.6 Å². The van der Waals surface area contributed by atoms with E-state index < -0.39 is 24.1 Å². The molecule has 0 bridgehead atoms. The van der Waals surface area contributed by atoms with E-state index >= 15 is 0 Å². The number of hydrogen-bond donors (Lipinski definition) is 3. The van der Waals surface area contributed by atoms with Gasteiger partial charge in [0.2, 0.25) is 5.91 Å². The van der Waals surface area contributed by atoms with E-state index in [1.807, 2.05) is 24.3 Å². The number of alkyl carbamates (subject to hydrolysis) is 1. The molecule has 0 aromatic heterocycles. The lowest BCUT2D eigenvalue weighted by Gasteiger charge is -2.33. The van der Waals surface area contributed by atoms with Gasteiger partial charge in [0, 0.05) is 32.0 Å². The van der Waals surface area contributed by atoms with Gasteiger partial charge < -0.3 is 25.2 Å². The van der Waals surface area contributed by atoms with Crippen molar-refractivity contribution >= 4 is 18.0 Å². The summed E-state index contributed by atoms with van der Waals surface area (Å²) in [6, 6.07) is 16.1. The lowest BCUT2D eigenvalue weighted by molar-refractivity contribution is -0.147. The fraction of sp³-hybridized carbons (Fsp3) is 0.400. The molecule has 1 atom stereocenters. The topological polar surface area (TPSA) is 114 Å². The van der Waals surface area contributed by atoms with Crippen molar-refractivity contribution in [2.75, 3.05) is 20.3 Å². The summed E-state index contributed by atoms with van der Waals surface area (Å²) < 4.78 is 10.7. The largest absolute Gasteiger partial charge is 0.481 e. The molecule has 0 saturated heterocycles. The summed E-state index contributed by atoms with van der Waals surface area (Å²) in [6.45, 7) is 0.436. The Hall–Kier alpha value is -3.39. The minimum Gasteiger partial charge on any atom is -0.481 e. The van der Waals surface area contributed by atoms with Gasteiger partial charge in [0.25, 0.3) is 0 Å². The third-order valence-electron chi connectivity index (χ3n) is 6.43. The number of methoxy groups -OCH3 is 1. The summed E-state index contributed by atoms with van der Waals surface area (Å²) in [4.78, 5) is 35.5. The van der Waals surface area contributed by atoms with Gasteiger partial charge >= 0.3 is 12.1 Å². The van der Waals surface area contributed by atoms with Crippen LogP contribution in [-0.2, 0) is 19.1 Å². The summed E-state index contributed by atoms with van der Waals surface area (Å²) in [6.07, 6.45) is -0.148. The van der Waals surface area contributed by atoms with Crippen molar-refractivity contribution < 1.29 is 29.0 Å². The third kappa shape index (κ3) is 5.01. The minimum absolute atomic E-state index is 0.0160. The highest BCUT2D eigenvalue weighted by Crippen LogP contribution is 2.44. The van der Waals surface area contributed by atoms with Crippen molar-refractivity contribution in [3.05, 3.63) is 59.7 Å². The number of hydrogen-bond acceptors (Lipinski definition) is 5. The molecule has 1 saturated carbocycles. The second-order valence-electron chi connectivity index (χ2n) is 8.48. The first-order chi connectivity index (χ1) is 16.0. The van der Waals surface area contributed by atoms with Crippen molar-refractivity contribution in [3.63, 3.8) is 0 Å². The van der Waals surface area contributed by atoms with E-state index in [4.69, 9.17) is 14.6 Å². The van der Waals surface area contributed by atoms with Gasteiger partial charge in [-0.15, -0.1) is 0 Å². The number of ether oxygens (including phenoxy) is 2. The molecule has 0 aliphatic heterocycles. The van der Waals surface area contributed by atoms with E-state index in [0.717, 1.165) is 22.3 Å². The molecule has 0 heterocycles. The Labute approximate surface area is 192 Å². The summed E-state index contributed by atoms with van der Waals surface area (Å²) >= 11 is 0. The molecule has 2 aliphatic carbocycles. The van der Waals surface area contributed by atoms with Crippen LogP contribution in [0.15, 0.2) is 48.5 Å². The van der Waals surface area contributed by atoms with E-state index in [-0.39, 0.29) is 37.4 Å². The number of carbonyl (C=O) groups excluding carboxylic acids is 2. The lowest BCUT2D eigenvalue weighted by atomic mass is 9.80. The molecule has 8 heteroatoms. The van der Waals surface area contributed by atoms with E-state index in [0.29, 0.717) is 12.8 Å². The quantitative estimate of drug-likeness (QED) is 0.539. The number of fused-ring (bicyclic) bond motifs is 3. The van der Waals surface area contributed by atoms with Crippen LogP contribution < -0.4 is 10.6 Å². The highest BCUT2D eigenvalue weighted by Gasteiger charge is 2.36. The average molecular weight is 453 g/mol. The Kier molecular flexibility index (Phi) is 6.93. The van der Waals surface area contributed by atoms with Crippen LogP contribution in [0.25, 0.3) is 11.1 Å². The predicted molar refractivity (Wildman–Crippen MR) is 121 cm³/mol. The van der Waals surface area contributed by atoms with E-state index in [9.17, 15) is 14.4 Å². The smallest absolute Gasteiger partial charge is 0.407 e. The fourth-order valence-electron chi connectivity index (χ4n) is 4.54. The molecular weight excluding hydrogens is 424 g/mol. The number of carbonyl (C=O) groups is 3. The van der Waals surface area contributed by atoms with Gasteiger partial charge in [-0.1, -0.05) is 48.5 Å². The van der Waals surface area contributed by atoms with Crippen LogP contribution >= 0.6 is 0 Å². The minimum atomic E-state index is -0.837. The van der Waals surface area contributed by atoms with Gasteiger partial charge in [0.1, 0.15) is 12.7 Å². The predicted octanol–water partition coefficient (Wildman–Crippen LogP) is 2.91. The Morgan fingerprint density at radius 3 is 2.21 bits per heavy atom. The Morgan fingerprint density at radius 1 is 1.03 bits per heavy atom. The number of amides is 2. The highest BCUT2D eigenvalue weighted by molar-refractivity contribution is 5.82. The fourth-order valence-corrected chi connectivity index (χ4v) is 4.54. The number of rotatable bonds is 9. The van der Waals surface area contributed by atoms with E-state index in [2.05, 4.69) is 34.9 Å². The maximum Gasteiger partial charge on any atom is 0.407 e. The third-order valence-corrected chi connectivity index (χ3v) is 6.43. The summed E-state index contributed by atoms with van der Waals surface area (Å²) in [5, 5.41) is 14.4. The number of carboxylic acids is 1. The van der Waals surface area contributed by atoms with Crippen LogP contribution in [0.5, 0.6) is 0 Å². The molecule has 0 spiro atoms. The standard InChI is InChI=1S/C25H28N2O6/c1-32-22(23(28)27-16-12-15(13-16)24(29)30)10-11-26-25(31)33-14-21-19-8-4-2-6-17(19)18-7-3-5-9-20(18)21/h2-9,15-16,21-22H,10-14H2,1H3,(H,26,31)(H,27,28)(H,29,30). The second kappa shape index (κ2) is 10.0. The molecule has 8 nitrogen and oxygen atoms in total. The first-order valence-electron chi connectivity index (χ1n) is 11.1. The van der Waals surface area contributed by atoms with Gasteiger partial charge in [0.05, 0.1) is 5.92 Å². The zero-order chi connectivity index (χ0) is 23.4. The normalized spacial score (nSPS) is 19.5. The van der Waals surface area contributed by atoms with Gasteiger partial charge in [-0.25, -0.2) is 4.79 Å². The molecule has 0 radical (unpaired) electrons. The maximum atomic E-state index is 12.3. The zero-order valence-corrected chi connectivity index (χ0v) is 18.5. The van der Waals surface area contributed by atoms with Crippen LogP contribution in [0.4, 0.5) is 4.79 Å². The Balaban J connectivity index is 1.22. The molecule has 4 rings (SSSR count). The number of aliphatic carboxylic acids is 1. The van der Waals surface area contributed by atoms with Gasteiger partial charge in [-0.05, 0) is 35.1 Å². The Morgan fingerprint density at radius 2 is 1.64 bits per heavy atom. The molecule has 33 heavy (non-hydrogen) atoms. The summed E-state index contributed by atoms with van der Waals surface area (Å²) in [7, 11) is 1.43. The zero-order valence-electron chi connectivity index (χ0n) is 18.5. The number of benzene rings is 2. The molecule has 2 amide bonds. The molecule has 2 aromatic carbocycles. The summed E-state index contributed by atoms with van der Waals surface area (Å²) in [5.74, 6) is -1.55. The second-order valence-corrected chi connectivity index (χ2v) is 8.48. The lowest BCUT2D eigenvalue weighted by Crippen LogP contribution is -2.50. The van der Waals surface area contributed by atoms with Crippen LogP contribution in [-0.4, -0.2) is 55.5 Å². The van der Waals surface area contributed by atoms with Crippen LogP contribution in [0, 0.1) is 5.92 Å². The average Bonchev–Trinajstić information content (AvgIpc) is 3.11. The van der Waals surface area contributed by atoms with E-state index in [1.54, 1.807) is 0 Å². The SMILES string of the molecule is COC(CCNC(=O)OCC1c2ccccc2-c2ccccc21)C(=O)NC1CC(C(=O)O)C1. The molecule has 1 unspecified atom stereocenters. The molecule has 1 fully saturated rings. The molecule has 2 aliphatic rings. The van der Waals surface area contributed by atoms with Gasteiger partial charge in [-0.3, -0.25) is 9.59 Å². The molecule has 2 aromatic rings. The molecule has 174 valence electrons. The Bertz CT molecular complexity index is 988. The van der Waals surface area contributed by atoms with Crippen LogP contribution in [0.3, 0.4) is 0 Å². The monoisotopic (exact) mass is 452 g/mol. The van der Waals surface area contributed by atoms with Crippen molar-refractivity contribution in [2.24, 2.45) is 5.92 Å². The highest BCUT2D eigenvalue weighted by atomic mass is 16.5. The van der Waals surface area contributed by atoms with E-state index in [1.165, 1.54) is 7.11 Å². The van der Waals surface area contributed by atoms with Crippen LogP contribution in [0.1, 0.15) is 36.3 Å². The number of nitrogens with one attached hydrogen (secondary N) is 2. The van der Waals surface area contributed by atoms with Crippen molar-refractivity contribution in [1.29, 1.82) is 0 Å². The summed E-state index contributed by atoms with van der Waals surface area (Å²) in [5.41, 5.74) is 4.61. The van der Waals surface area contributed by atoms with Crippen molar-refractivity contribution in [2.45, 2.75) is 37.3 Å². The molecule has 3 N–H and O–H groups in total.